The summed E-state index contributed by atoms with van der Waals surface area (Å²) in [6, 6.07) is 17.4. The molecule has 0 aliphatic heterocycles. The van der Waals surface area contributed by atoms with Gasteiger partial charge < -0.3 is 9.47 Å². The fourth-order valence-electron chi connectivity index (χ4n) is 3.51. The Labute approximate surface area is 179 Å². The third kappa shape index (κ3) is 4.18. The summed E-state index contributed by atoms with van der Waals surface area (Å²) in [6.07, 6.45) is 0.794. The molecule has 1 N–H and O–H groups in total. The molecule has 31 heavy (non-hydrogen) atoms. The highest BCUT2D eigenvalue weighted by atomic mass is 16.5. The molecular weight excluding hydrogens is 394 g/mol. The summed E-state index contributed by atoms with van der Waals surface area (Å²) in [5, 5.41) is 9.78. The number of benzene rings is 2. The van der Waals surface area contributed by atoms with Crippen LogP contribution < -0.4 is 15.2 Å². The zero-order valence-electron chi connectivity index (χ0n) is 17.6. The van der Waals surface area contributed by atoms with Crippen molar-refractivity contribution in [2.45, 2.75) is 26.9 Å². The minimum atomic E-state index is -0.396. The van der Waals surface area contributed by atoms with Gasteiger partial charge in [0, 0.05) is 22.9 Å². The van der Waals surface area contributed by atoms with Crippen LogP contribution in [-0.4, -0.2) is 32.3 Å². The number of aryl methyl sites for hydroxylation is 2. The Morgan fingerprint density at radius 3 is 2.52 bits per heavy atom. The average Bonchev–Trinajstić information content (AvgIpc) is 3.23. The van der Waals surface area contributed by atoms with Crippen molar-refractivity contribution < 1.29 is 9.47 Å². The van der Waals surface area contributed by atoms with Crippen LogP contribution in [0.5, 0.6) is 11.6 Å². The molecule has 0 atom stereocenters. The van der Waals surface area contributed by atoms with Crippen molar-refractivity contribution in [1.29, 1.82) is 0 Å². The maximum Gasteiger partial charge on any atom is 0.365 e. The number of rotatable bonds is 7. The summed E-state index contributed by atoms with van der Waals surface area (Å²) in [5.41, 5.74) is 5.13. The lowest BCUT2D eigenvalue weighted by molar-refractivity contribution is 0.291. The number of aromatic nitrogens is 5. The summed E-state index contributed by atoms with van der Waals surface area (Å²) < 4.78 is 12.5. The fourth-order valence-corrected chi connectivity index (χ4v) is 3.51. The maximum absolute atomic E-state index is 12.0. The lowest BCUT2D eigenvalue weighted by Gasteiger charge is -2.14. The van der Waals surface area contributed by atoms with Crippen LogP contribution in [0.3, 0.4) is 0 Å². The average molecular weight is 417 g/mol. The number of pyridine rings is 1. The molecule has 2 aromatic heterocycles. The Morgan fingerprint density at radius 1 is 1.06 bits per heavy atom. The number of methoxy groups -OCH3 is 1. The molecule has 0 bridgehead atoms. The zero-order chi connectivity index (χ0) is 21.8. The SMILES string of the molecule is CCc1cccc(-n2nn[nH]c2=O)c1COc1ccc(-c2ccc(OC)cc2)c(C)n1. The van der Waals surface area contributed by atoms with Crippen LogP contribution in [0, 0.1) is 6.92 Å². The van der Waals surface area contributed by atoms with E-state index in [1.54, 1.807) is 7.11 Å². The van der Waals surface area contributed by atoms with Gasteiger partial charge in [-0.2, -0.15) is 4.68 Å². The predicted octanol–water partition coefficient (Wildman–Crippen LogP) is 3.48. The number of ether oxygens (including phenoxy) is 2. The predicted molar refractivity (Wildman–Crippen MR) is 117 cm³/mol. The smallest absolute Gasteiger partial charge is 0.365 e. The molecule has 0 amide bonds. The molecule has 4 rings (SSSR count). The first-order valence-corrected chi connectivity index (χ1v) is 9.97. The highest BCUT2D eigenvalue weighted by Crippen LogP contribution is 2.27. The van der Waals surface area contributed by atoms with Crippen molar-refractivity contribution in [2.75, 3.05) is 7.11 Å². The van der Waals surface area contributed by atoms with Crippen LogP contribution in [0.1, 0.15) is 23.7 Å². The molecule has 0 saturated heterocycles. The number of tetrazole rings is 1. The van der Waals surface area contributed by atoms with Crippen molar-refractivity contribution in [1.82, 2.24) is 25.2 Å². The number of H-pyrrole nitrogens is 1. The van der Waals surface area contributed by atoms with E-state index in [9.17, 15) is 4.79 Å². The van der Waals surface area contributed by atoms with Gasteiger partial charge in [-0.25, -0.2) is 14.9 Å². The van der Waals surface area contributed by atoms with E-state index >= 15 is 0 Å². The monoisotopic (exact) mass is 417 g/mol. The molecule has 0 unspecified atom stereocenters. The number of hydrogen-bond donors (Lipinski definition) is 1. The number of nitrogens with one attached hydrogen (secondary N) is 1. The van der Waals surface area contributed by atoms with E-state index < -0.39 is 5.69 Å². The summed E-state index contributed by atoms with van der Waals surface area (Å²) in [6.45, 7) is 4.26. The van der Waals surface area contributed by atoms with Gasteiger partial charge in [0.1, 0.15) is 12.4 Å². The van der Waals surface area contributed by atoms with E-state index in [2.05, 4.69) is 27.4 Å². The van der Waals surface area contributed by atoms with Gasteiger partial charge in [0.05, 0.1) is 12.8 Å². The van der Waals surface area contributed by atoms with E-state index in [0.29, 0.717) is 11.6 Å². The van der Waals surface area contributed by atoms with Gasteiger partial charge in [0.15, 0.2) is 0 Å². The van der Waals surface area contributed by atoms with Crippen molar-refractivity contribution in [3.63, 3.8) is 0 Å². The molecule has 0 spiro atoms. The molecule has 0 fully saturated rings. The first-order chi connectivity index (χ1) is 15.1. The lowest BCUT2D eigenvalue weighted by Crippen LogP contribution is -2.19. The molecule has 0 radical (unpaired) electrons. The summed E-state index contributed by atoms with van der Waals surface area (Å²) in [5.74, 6) is 1.32. The first kappa shape index (κ1) is 20.3. The minimum absolute atomic E-state index is 0.257. The van der Waals surface area contributed by atoms with Crippen LogP contribution in [0.25, 0.3) is 16.8 Å². The van der Waals surface area contributed by atoms with Gasteiger partial charge in [-0.3, -0.25) is 0 Å². The highest BCUT2D eigenvalue weighted by molar-refractivity contribution is 5.66. The molecular formula is C23H23N5O3. The van der Waals surface area contributed by atoms with Gasteiger partial charge in [-0.15, -0.1) is 0 Å². The Bertz CT molecular complexity index is 1240. The standard InChI is InChI=1S/C23H23N5O3/c1-4-16-6-5-7-21(28-23(29)25-26-27-28)20(16)14-31-22-13-12-19(15(2)24-22)17-8-10-18(30-3)11-9-17/h5-13H,4,14H2,1-3H3,(H,25,27,29). The third-order valence-electron chi connectivity index (χ3n) is 5.16. The molecule has 8 nitrogen and oxygen atoms in total. The van der Waals surface area contributed by atoms with E-state index in [4.69, 9.17) is 9.47 Å². The van der Waals surface area contributed by atoms with Crippen molar-refractivity contribution in [3.8, 4) is 28.4 Å². The minimum Gasteiger partial charge on any atom is -0.497 e. The number of aromatic amines is 1. The van der Waals surface area contributed by atoms with E-state index in [-0.39, 0.29) is 6.61 Å². The first-order valence-electron chi connectivity index (χ1n) is 9.97. The van der Waals surface area contributed by atoms with Crippen molar-refractivity contribution >= 4 is 0 Å². The molecule has 0 aliphatic carbocycles. The highest BCUT2D eigenvalue weighted by Gasteiger charge is 2.14. The molecule has 2 aromatic carbocycles. The van der Waals surface area contributed by atoms with Crippen molar-refractivity contribution in [2.24, 2.45) is 0 Å². The van der Waals surface area contributed by atoms with Crippen LogP contribution >= 0.6 is 0 Å². The normalized spacial score (nSPS) is 10.8. The summed E-state index contributed by atoms with van der Waals surface area (Å²) in [4.78, 5) is 16.6. The zero-order valence-corrected chi connectivity index (χ0v) is 17.6. The van der Waals surface area contributed by atoms with E-state index in [1.165, 1.54) is 4.68 Å². The number of hydrogen-bond acceptors (Lipinski definition) is 6. The molecule has 0 saturated carbocycles. The van der Waals surface area contributed by atoms with Gasteiger partial charge in [-0.1, -0.05) is 31.2 Å². The molecule has 158 valence electrons. The largest absolute Gasteiger partial charge is 0.497 e. The van der Waals surface area contributed by atoms with Crippen LogP contribution in [0.4, 0.5) is 0 Å². The molecule has 0 aliphatic rings. The summed E-state index contributed by atoms with van der Waals surface area (Å²) >= 11 is 0. The quantitative estimate of drug-likeness (QED) is 0.495. The molecule has 4 aromatic rings. The molecule has 8 heteroatoms. The second-order valence-electron chi connectivity index (χ2n) is 6.99. The second-order valence-corrected chi connectivity index (χ2v) is 6.99. The lowest BCUT2D eigenvalue weighted by atomic mass is 10.0. The third-order valence-corrected chi connectivity index (χ3v) is 5.16. The molecule has 2 heterocycles. The van der Waals surface area contributed by atoms with Gasteiger partial charge >= 0.3 is 5.69 Å². The Hall–Kier alpha value is -3.94. The van der Waals surface area contributed by atoms with Gasteiger partial charge in [-0.05, 0) is 59.2 Å². The van der Waals surface area contributed by atoms with Crippen LogP contribution in [0.2, 0.25) is 0 Å². The second kappa shape index (κ2) is 8.83. The van der Waals surface area contributed by atoms with Crippen molar-refractivity contribution in [3.05, 3.63) is 81.9 Å². The fraction of sp³-hybridized carbons (Fsp3) is 0.217. The Morgan fingerprint density at radius 2 is 1.87 bits per heavy atom. The summed E-state index contributed by atoms with van der Waals surface area (Å²) in [7, 11) is 1.65. The maximum atomic E-state index is 12.0. The van der Waals surface area contributed by atoms with Crippen LogP contribution in [-0.2, 0) is 13.0 Å². The van der Waals surface area contributed by atoms with Crippen LogP contribution in [0.15, 0.2) is 59.4 Å². The number of nitrogens with zero attached hydrogens (tertiary/aromatic N) is 4. The van der Waals surface area contributed by atoms with E-state index in [1.807, 2.05) is 61.5 Å². The van der Waals surface area contributed by atoms with Gasteiger partial charge in [0.2, 0.25) is 5.88 Å². The topological polar surface area (TPSA) is 94.9 Å². The van der Waals surface area contributed by atoms with E-state index in [0.717, 1.165) is 40.1 Å². The Kier molecular flexibility index (Phi) is 5.79. The Balaban J connectivity index is 1.59. The van der Waals surface area contributed by atoms with Gasteiger partial charge in [0.25, 0.3) is 0 Å².